The van der Waals surface area contributed by atoms with E-state index in [1.807, 2.05) is 11.6 Å². The van der Waals surface area contributed by atoms with Gasteiger partial charge < -0.3 is 9.88 Å². The number of thiazole rings is 1. The van der Waals surface area contributed by atoms with Gasteiger partial charge in [0.05, 0.1) is 16.8 Å². The molecule has 0 aliphatic carbocycles. The summed E-state index contributed by atoms with van der Waals surface area (Å²) < 4.78 is 3.10. The third-order valence-electron chi connectivity index (χ3n) is 2.75. The Kier molecular flexibility index (Phi) is 2.71. The van der Waals surface area contributed by atoms with Gasteiger partial charge in [0.15, 0.2) is 11.0 Å². The van der Waals surface area contributed by atoms with Crippen LogP contribution in [0.5, 0.6) is 0 Å². The molecular weight excluding hydrogens is 246 g/mol. The van der Waals surface area contributed by atoms with Gasteiger partial charge in [-0.3, -0.25) is 0 Å². The Labute approximate surface area is 109 Å². The number of rotatable bonds is 3. The van der Waals surface area contributed by atoms with Crippen LogP contribution in [0.4, 0.5) is 5.13 Å². The smallest absolute Gasteiger partial charge is 0.184 e. The van der Waals surface area contributed by atoms with Gasteiger partial charge in [-0.25, -0.2) is 4.98 Å². The minimum Gasteiger partial charge on any atom is -0.354 e. The largest absolute Gasteiger partial charge is 0.354 e. The number of benzene rings is 1. The van der Waals surface area contributed by atoms with Gasteiger partial charge in [-0.1, -0.05) is 17.4 Å². The summed E-state index contributed by atoms with van der Waals surface area (Å²) in [5.41, 5.74) is 2.29. The summed E-state index contributed by atoms with van der Waals surface area (Å²) in [6.07, 6.45) is 1.69. The van der Waals surface area contributed by atoms with Crippen molar-refractivity contribution in [2.75, 3.05) is 5.32 Å². The minimum atomic E-state index is 0.634. The van der Waals surface area contributed by atoms with E-state index in [4.69, 9.17) is 0 Å². The second-order valence-electron chi connectivity index (χ2n) is 4.20. The summed E-state index contributed by atoms with van der Waals surface area (Å²) >= 11 is 1.66. The van der Waals surface area contributed by atoms with Gasteiger partial charge >= 0.3 is 0 Å². The molecule has 0 spiro atoms. The molecule has 2 aromatic heterocycles. The maximum absolute atomic E-state index is 4.53. The molecule has 1 aromatic carbocycles. The Morgan fingerprint density at radius 1 is 1.39 bits per heavy atom. The number of nitrogens with one attached hydrogen (secondary N) is 1. The van der Waals surface area contributed by atoms with Gasteiger partial charge in [0.25, 0.3) is 0 Å². The highest BCUT2D eigenvalue weighted by Crippen LogP contribution is 2.26. The second-order valence-corrected chi connectivity index (χ2v) is 5.23. The summed E-state index contributed by atoms with van der Waals surface area (Å²) in [6.45, 7) is 2.72. The van der Waals surface area contributed by atoms with Crippen molar-refractivity contribution in [3.05, 3.63) is 35.9 Å². The molecule has 2 heterocycles. The molecule has 0 fully saturated rings. The van der Waals surface area contributed by atoms with E-state index in [0.717, 1.165) is 16.5 Å². The molecule has 0 saturated heterocycles. The van der Waals surface area contributed by atoms with E-state index in [-0.39, 0.29) is 0 Å². The SMILES string of the molecule is Cc1ccc2nc(NCc3nncn3C)sc2c1. The maximum atomic E-state index is 4.53. The molecule has 0 radical (unpaired) electrons. The third kappa shape index (κ3) is 2.06. The van der Waals surface area contributed by atoms with Crippen molar-refractivity contribution in [3.63, 3.8) is 0 Å². The first kappa shape index (κ1) is 11.2. The Bertz CT molecular complexity index is 685. The zero-order valence-corrected chi connectivity index (χ0v) is 11.0. The van der Waals surface area contributed by atoms with Crippen LogP contribution in [0.15, 0.2) is 24.5 Å². The van der Waals surface area contributed by atoms with Crippen LogP contribution in [0.1, 0.15) is 11.4 Å². The number of fused-ring (bicyclic) bond motifs is 1. The molecule has 0 bridgehead atoms. The lowest BCUT2D eigenvalue weighted by Gasteiger charge is -2.00. The fourth-order valence-corrected chi connectivity index (χ4v) is 2.69. The maximum Gasteiger partial charge on any atom is 0.184 e. The molecule has 3 aromatic rings. The number of anilines is 1. The molecule has 0 unspecified atom stereocenters. The predicted octanol–water partition coefficient (Wildman–Crippen LogP) is 2.35. The topological polar surface area (TPSA) is 55.6 Å². The monoisotopic (exact) mass is 259 g/mol. The van der Waals surface area contributed by atoms with E-state index in [2.05, 4.69) is 45.6 Å². The van der Waals surface area contributed by atoms with Crippen molar-refractivity contribution in [3.8, 4) is 0 Å². The first-order valence-corrected chi connectivity index (χ1v) is 6.48. The number of aromatic nitrogens is 4. The molecule has 18 heavy (non-hydrogen) atoms. The fourth-order valence-electron chi connectivity index (χ4n) is 1.73. The highest BCUT2D eigenvalue weighted by Gasteiger charge is 2.05. The first-order valence-electron chi connectivity index (χ1n) is 5.66. The van der Waals surface area contributed by atoms with E-state index in [1.165, 1.54) is 10.3 Å². The average Bonchev–Trinajstić information content (AvgIpc) is 2.92. The van der Waals surface area contributed by atoms with Crippen molar-refractivity contribution in [2.24, 2.45) is 7.05 Å². The Hall–Kier alpha value is -1.95. The second kappa shape index (κ2) is 4.38. The van der Waals surface area contributed by atoms with Gasteiger partial charge in [0.2, 0.25) is 0 Å². The van der Waals surface area contributed by atoms with Crippen molar-refractivity contribution >= 4 is 26.7 Å². The normalized spacial score (nSPS) is 11.0. The summed E-state index contributed by atoms with van der Waals surface area (Å²) in [6, 6.07) is 6.28. The van der Waals surface area contributed by atoms with Crippen molar-refractivity contribution in [2.45, 2.75) is 13.5 Å². The van der Waals surface area contributed by atoms with Gasteiger partial charge in [-0.15, -0.1) is 10.2 Å². The average molecular weight is 259 g/mol. The molecule has 92 valence electrons. The molecule has 0 amide bonds. The summed E-state index contributed by atoms with van der Waals surface area (Å²) in [5.74, 6) is 0.894. The lowest BCUT2D eigenvalue weighted by Crippen LogP contribution is -2.05. The Morgan fingerprint density at radius 3 is 3.06 bits per heavy atom. The number of aryl methyl sites for hydroxylation is 2. The third-order valence-corrected chi connectivity index (χ3v) is 3.72. The molecule has 1 N–H and O–H groups in total. The van der Waals surface area contributed by atoms with Crippen LogP contribution in [-0.4, -0.2) is 19.7 Å². The van der Waals surface area contributed by atoms with E-state index in [1.54, 1.807) is 17.7 Å². The quantitative estimate of drug-likeness (QED) is 0.784. The van der Waals surface area contributed by atoms with Gasteiger partial charge in [-0.2, -0.15) is 0 Å². The molecule has 0 saturated carbocycles. The molecule has 3 rings (SSSR count). The van der Waals surface area contributed by atoms with Crippen LogP contribution in [0.2, 0.25) is 0 Å². The highest BCUT2D eigenvalue weighted by molar-refractivity contribution is 7.22. The standard InChI is InChI=1S/C12H13N5S/c1-8-3-4-9-10(5-8)18-12(15-9)13-6-11-16-14-7-17(11)2/h3-5,7H,6H2,1-2H3,(H,13,15). The van der Waals surface area contributed by atoms with E-state index < -0.39 is 0 Å². The fraction of sp³-hybridized carbons (Fsp3) is 0.250. The van der Waals surface area contributed by atoms with E-state index >= 15 is 0 Å². The van der Waals surface area contributed by atoms with Gasteiger partial charge in [0.1, 0.15) is 6.33 Å². The van der Waals surface area contributed by atoms with E-state index in [9.17, 15) is 0 Å². The zero-order valence-electron chi connectivity index (χ0n) is 10.2. The van der Waals surface area contributed by atoms with Crippen molar-refractivity contribution in [1.82, 2.24) is 19.7 Å². The first-order chi connectivity index (χ1) is 8.72. The summed E-state index contributed by atoms with van der Waals surface area (Å²) in [7, 11) is 1.93. The molecule has 0 atom stereocenters. The summed E-state index contributed by atoms with van der Waals surface area (Å²) in [5, 5.41) is 12.1. The number of hydrogen-bond acceptors (Lipinski definition) is 5. The van der Waals surface area contributed by atoms with Crippen LogP contribution in [0.25, 0.3) is 10.2 Å². The lowest BCUT2D eigenvalue weighted by molar-refractivity contribution is 0.812. The zero-order chi connectivity index (χ0) is 12.5. The number of hydrogen-bond donors (Lipinski definition) is 1. The van der Waals surface area contributed by atoms with Crippen molar-refractivity contribution < 1.29 is 0 Å². The van der Waals surface area contributed by atoms with Crippen molar-refractivity contribution in [1.29, 1.82) is 0 Å². The van der Waals surface area contributed by atoms with E-state index in [0.29, 0.717) is 6.54 Å². The van der Waals surface area contributed by atoms with Crippen LogP contribution in [0, 0.1) is 6.92 Å². The molecule has 0 aliphatic heterocycles. The summed E-state index contributed by atoms with van der Waals surface area (Å²) in [4.78, 5) is 4.53. The predicted molar refractivity (Wildman–Crippen MR) is 72.7 cm³/mol. The number of nitrogens with zero attached hydrogens (tertiary/aromatic N) is 4. The molecule has 5 nitrogen and oxygen atoms in total. The van der Waals surface area contributed by atoms with Crippen LogP contribution < -0.4 is 5.32 Å². The lowest BCUT2D eigenvalue weighted by atomic mass is 10.2. The van der Waals surface area contributed by atoms with Gasteiger partial charge in [-0.05, 0) is 24.6 Å². The van der Waals surface area contributed by atoms with Crippen LogP contribution in [0.3, 0.4) is 0 Å². The highest BCUT2D eigenvalue weighted by atomic mass is 32.1. The Morgan fingerprint density at radius 2 is 2.28 bits per heavy atom. The Balaban J connectivity index is 1.81. The van der Waals surface area contributed by atoms with Crippen LogP contribution in [-0.2, 0) is 13.6 Å². The van der Waals surface area contributed by atoms with Crippen LogP contribution >= 0.6 is 11.3 Å². The molecule has 6 heteroatoms. The molecular formula is C12H13N5S. The minimum absolute atomic E-state index is 0.634. The van der Waals surface area contributed by atoms with Gasteiger partial charge in [0, 0.05) is 7.05 Å². The molecule has 0 aliphatic rings.